The molecule has 0 aromatic heterocycles. The van der Waals surface area contributed by atoms with Crippen molar-refractivity contribution >= 4 is 5.97 Å². The van der Waals surface area contributed by atoms with Gasteiger partial charge in [-0.1, -0.05) is 26.3 Å². The molecule has 3 heteroatoms. The third kappa shape index (κ3) is 2.77. The van der Waals surface area contributed by atoms with Crippen LogP contribution in [0.3, 0.4) is 0 Å². The second-order valence-electron chi connectivity index (χ2n) is 10.3. The summed E-state index contributed by atoms with van der Waals surface area (Å²) in [6.07, 6.45) is 11.4. The van der Waals surface area contributed by atoms with Crippen molar-refractivity contribution in [3.05, 3.63) is 12.7 Å². The van der Waals surface area contributed by atoms with Crippen LogP contribution in [-0.2, 0) is 9.53 Å². The van der Waals surface area contributed by atoms with Gasteiger partial charge in [0.15, 0.2) is 0 Å². The first kappa shape index (κ1) is 19.9. The van der Waals surface area contributed by atoms with Gasteiger partial charge in [0.2, 0.25) is 0 Å². The van der Waals surface area contributed by atoms with Crippen LogP contribution in [0.5, 0.6) is 0 Å². The Balaban J connectivity index is 1.97. The maximum Gasteiger partial charge on any atom is 0.312 e. The lowest BCUT2D eigenvalue weighted by Gasteiger charge is -2.65. The molecule has 148 valence electrons. The summed E-state index contributed by atoms with van der Waals surface area (Å²) in [5.41, 5.74) is 6.44. The number of carbonyl (C=O) groups excluding carboxylic acids is 1. The van der Waals surface area contributed by atoms with Crippen LogP contribution in [0.15, 0.2) is 12.7 Å². The fourth-order valence-electron chi connectivity index (χ4n) is 7.46. The van der Waals surface area contributed by atoms with Gasteiger partial charge in [-0.2, -0.15) is 0 Å². The molecular formula is C23H39NO2. The summed E-state index contributed by atoms with van der Waals surface area (Å²) in [4.78, 5) is 12.9. The molecule has 3 rings (SSSR count). The van der Waals surface area contributed by atoms with Crippen LogP contribution in [0.25, 0.3) is 0 Å². The molecule has 26 heavy (non-hydrogen) atoms. The van der Waals surface area contributed by atoms with Crippen molar-refractivity contribution in [1.29, 1.82) is 0 Å². The van der Waals surface area contributed by atoms with Crippen molar-refractivity contribution in [2.45, 2.75) is 79.1 Å². The first-order chi connectivity index (χ1) is 12.2. The molecule has 0 heterocycles. The Hall–Kier alpha value is -0.830. The molecule has 0 bridgehead atoms. The van der Waals surface area contributed by atoms with E-state index in [0.717, 1.165) is 38.6 Å². The van der Waals surface area contributed by atoms with Gasteiger partial charge in [-0.05, 0) is 93.4 Å². The van der Waals surface area contributed by atoms with Gasteiger partial charge in [0.1, 0.15) is 0 Å². The Labute approximate surface area is 160 Å². The van der Waals surface area contributed by atoms with Crippen LogP contribution in [0, 0.1) is 33.5 Å². The van der Waals surface area contributed by atoms with Crippen LogP contribution in [0.1, 0.15) is 79.1 Å². The van der Waals surface area contributed by atoms with E-state index in [0.29, 0.717) is 18.4 Å². The molecule has 6 atom stereocenters. The Morgan fingerprint density at radius 1 is 1.15 bits per heavy atom. The van der Waals surface area contributed by atoms with E-state index in [2.05, 4.69) is 33.4 Å². The van der Waals surface area contributed by atoms with E-state index in [9.17, 15) is 4.79 Å². The molecule has 3 aliphatic carbocycles. The number of allylic oxidation sites excluding steroid dienone is 1. The van der Waals surface area contributed by atoms with Gasteiger partial charge >= 0.3 is 5.97 Å². The van der Waals surface area contributed by atoms with Crippen molar-refractivity contribution in [3.8, 4) is 0 Å². The SMILES string of the molecule is C=C[C@]12CC[C@H]3[C@@](C)(CCC[C@@]3(C)C(=O)OCC)[C@@H]1CC[C@](C)(CN)C2. The molecule has 3 fully saturated rings. The topological polar surface area (TPSA) is 52.3 Å². The molecular weight excluding hydrogens is 322 g/mol. The molecule has 3 nitrogen and oxygen atoms in total. The molecule has 0 aromatic carbocycles. The summed E-state index contributed by atoms with van der Waals surface area (Å²) in [6.45, 7) is 14.5. The van der Waals surface area contributed by atoms with Crippen LogP contribution < -0.4 is 5.73 Å². The molecule has 0 radical (unpaired) electrons. The van der Waals surface area contributed by atoms with Crippen molar-refractivity contribution < 1.29 is 9.53 Å². The normalized spacial score (nSPS) is 48.2. The third-order valence-corrected chi connectivity index (χ3v) is 8.80. The van der Waals surface area contributed by atoms with E-state index < -0.39 is 0 Å². The Kier molecular flexibility index (Phi) is 5.10. The fraction of sp³-hybridized carbons (Fsp3) is 0.870. The Morgan fingerprint density at radius 3 is 2.46 bits per heavy atom. The Bertz CT molecular complexity index is 575. The molecule has 0 unspecified atom stereocenters. The van der Waals surface area contributed by atoms with Crippen molar-refractivity contribution in [3.63, 3.8) is 0 Å². The largest absolute Gasteiger partial charge is 0.466 e. The summed E-state index contributed by atoms with van der Waals surface area (Å²) in [5, 5.41) is 0. The molecule has 0 amide bonds. The smallest absolute Gasteiger partial charge is 0.312 e. The minimum absolute atomic E-state index is 0.0321. The molecule has 2 N–H and O–H groups in total. The zero-order valence-corrected chi connectivity index (χ0v) is 17.4. The van der Waals surface area contributed by atoms with Crippen LogP contribution in [-0.4, -0.2) is 19.1 Å². The number of esters is 1. The predicted molar refractivity (Wildman–Crippen MR) is 107 cm³/mol. The van der Waals surface area contributed by atoms with Crippen LogP contribution in [0.4, 0.5) is 0 Å². The highest BCUT2D eigenvalue weighted by Crippen LogP contribution is 2.69. The molecule has 3 aliphatic rings. The number of hydrogen-bond donors (Lipinski definition) is 1. The lowest BCUT2D eigenvalue weighted by Crippen LogP contribution is -2.60. The molecule has 0 spiro atoms. The van der Waals surface area contributed by atoms with E-state index in [1.165, 1.54) is 19.3 Å². The molecule has 0 aromatic rings. The lowest BCUT2D eigenvalue weighted by molar-refractivity contribution is -0.187. The number of hydrogen-bond acceptors (Lipinski definition) is 3. The standard InChI is InChI=1S/C23H39NO2/c1-6-23-14-10-17-21(4,18(23)9-13-20(3,15-23)16-24)11-8-12-22(17,5)19(25)26-7-2/h6,17-18H,1,7-16,24H2,2-5H3/t17-,18-,20-,21+,22+,23+/m0/s1. The molecule has 3 saturated carbocycles. The van der Waals surface area contributed by atoms with Gasteiger partial charge in [0.05, 0.1) is 12.0 Å². The fourth-order valence-corrected chi connectivity index (χ4v) is 7.46. The summed E-state index contributed by atoms with van der Waals surface area (Å²) < 4.78 is 5.54. The maximum absolute atomic E-state index is 12.9. The second-order valence-corrected chi connectivity index (χ2v) is 10.3. The van der Waals surface area contributed by atoms with E-state index in [1.807, 2.05) is 6.92 Å². The zero-order valence-electron chi connectivity index (χ0n) is 17.4. The minimum Gasteiger partial charge on any atom is -0.466 e. The average Bonchev–Trinajstić information content (AvgIpc) is 2.61. The summed E-state index contributed by atoms with van der Waals surface area (Å²) >= 11 is 0. The monoisotopic (exact) mass is 361 g/mol. The van der Waals surface area contributed by atoms with Crippen molar-refractivity contribution in [1.82, 2.24) is 0 Å². The van der Waals surface area contributed by atoms with E-state index in [-0.39, 0.29) is 27.6 Å². The van der Waals surface area contributed by atoms with Gasteiger partial charge < -0.3 is 10.5 Å². The number of ether oxygens (including phenoxy) is 1. The Morgan fingerprint density at radius 2 is 1.85 bits per heavy atom. The number of fused-ring (bicyclic) bond motifs is 3. The van der Waals surface area contributed by atoms with Gasteiger partial charge in [0.25, 0.3) is 0 Å². The number of rotatable bonds is 4. The van der Waals surface area contributed by atoms with E-state index >= 15 is 0 Å². The highest BCUT2D eigenvalue weighted by molar-refractivity contribution is 5.77. The van der Waals surface area contributed by atoms with Crippen LogP contribution in [0.2, 0.25) is 0 Å². The quantitative estimate of drug-likeness (QED) is 0.560. The first-order valence-corrected chi connectivity index (χ1v) is 10.7. The van der Waals surface area contributed by atoms with Gasteiger partial charge in [0, 0.05) is 0 Å². The second kappa shape index (κ2) is 6.65. The molecule has 0 saturated heterocycles. The third-order valence-electron chi connectivity index (χ3n) is 8.80. The maximum atomic E-state index is 12.9. The average molecular weight is 362 g/mol. The summed E-state index contributed by atoms with van der Waals surface area (Å²) in [6, 6.07) is 0. The van der Waals surface area contributed by atoms with Gasteiger partial charge in [-0.25, -0.2) is 0 Å². The summed E-state index contributed by atoms with van der Waals surface area (Å²) in [5.74, 6) is 1.06. The highest BCUT2D eigenvalue weighted by Gasteiger charge is 2.63. The minimum atomic E-state index is -0.328. The summed E-state index contributed by atoms with van der Waals surface area (Å²) in [7, 11) is 0. The number of carbonyl (C=O) groups is 1. The van der Waals surface area contributed by atoms with Crippen molar-refractivity contribution in [2.75, 3.05) is 13.2 Å². The highest BCUT2D eigenvalue weighted by atomic mass is 16.5. The zero-order chi connectivity index (χ0) is 19.2. The molecule has 0 aliphatic heterocycles. The van der Waals surface area contributed by atoms with Crippen molar-refractivity contribution in [2.24, 2.45) is 39.2 Å². The van der Waals surface area contributed by atoms with Gasteiger partial charge in [-0.15, -0.1) is 6.58 Å². The predicted octanol–water partition coefficient (Wildman–Crippen LogP) is 5.09. The van der Waals surface area contributed by atoms with Gasteiger partial charge in [-0.3, -0.25) is 4.79 Å². The first-order valence-electron chi connectivity index (χ1n) is 10.7. The number of nitrogens with two attached hydrogens (primary N) is 1. The lowest BCUT2D eigenvalue weighted by atomic mass is 9.39. The van der Waals surface area contributed by atoms with E-state index in [4.69, 9.17) is 10.5 Å². The van der Waals surface area contributed by atoms with E-state index in [1.54, 1.807) is 0 Å². The van der Waals surface area contributed by atoms with Crippen LogP contribution >= 0.6 is 0 Å².